The summed E-state index contributed by atoms with van der Waals surface area (Å²) in [5.74, 6) is -2.02. The Bertz CT molecular complexity index is 1190. The molecule has 2 N–H and O–H groups in total. The number of aromatic hydroxyl groups is 1. The van der Waals surface area contributed by atoms with E-state index in [1.54, 1.807) is 17.0 Å². The number of hydrogen-bond donors (Lipinski definition) is 2. The molecule has 2 aromatic rings. The van der Waals surface area contributed by atoms with Crippen LogP contribution in [0.2, 0.25) is 0 Å². The number of likely N-dealkylation sites (tertiary alicyclic amines) is 1. The van der Waals surface area contributed by atoms with E-state index in [1.165, 1.54) is 32.0 Å². The molecule has 3 aliphatic rings. The number of halogens is 3. The van der Waals surface area contributed by atoms with E-state index in [-0.39, 0.29) is 29.8 Å². The summed E-state index contributed by atoms with van der Waals surface area (Å²) in [5.41, 5.74) is 0.512. The Kier molecular flexibility index (Phi) is 7.59. The number of aliphatic carboxylic acids is 1. The number of rotatable bonds is 6. The predicted octanol–water partition coefficient (Wildman–Crippen LogP) is 5.13. The standard InChI is InChI=1S/C30H38F3N3O3/c1-29(2,33)17-36-12-7-20-13-22(37)5-6-23(20)28(36)27-24(31)14-21(15-25(27)32)35-10-3-8-30(9-4-11-35)18-34(19-30)16-26(38)39/h5-6,13-15,28,37H,3-4,7-12,16-19H2,1-2H3,(H,38,39). The van der Waals surface area contributed by atoms with E-state index in [9.17, 15) is 14.3 Å². The lowest BCUT2D eigenvalue weighted by atomic mass is 9.71. The molecule has 2 aromatic carbocycles. The number of anilines is 1. The Hall–Kier alpha value is -2.78. The van der Waals surface area contributed by atoms with E-state index in [1.807, 2.05) is 9.80 Å². The molecule has 0 aliphatic carbocycles. The van der Waals surface area contributed by atoms with E-state index in [0.717, 1.165) is 44.3 Å². The second-order valence-corrected chi connectivity index (χ2v) is 12.3. The molecule has 1 unspecified atom stereocenters. The van der Waals surface area contributed by atoms with Crippen LogP contribution in [0.25, 0.3) is 0 Å². The molecule has 212 valence electrons. The van der Waals surface area contributed by atoms with Crippen molar-refractivity contribution < 1.29 is 28.2 Å². The Morgan fingerprint density at radius 2 is 1.69 bits per heavy atom. The van der Waals surface area contributed by atoms with E-state index in [2.05, 4.69) is 0 Å². The van der Waals surface area contributed by atoms with E-state index in [4.69, 9.17) is 5.11 Å². The number of phenols is 1. The van der Waals surface area contributed by atoms with Crippen LogP contribution in [-0.2, 0) is 11.2 Å². The smallest absolute Gasteiger partial charge is 0.317 e. The molecule has 39 heavy (non-hydrogen) atoms. The third-order valence-electron chi connectivity index (χ3n) is 8.48. The Balaban J connectivity index is 1.36. The summed E-state index contributed by atoms with van der Waals surface area (Å²) in [7, 11) is 0. The lowest BCUT2D eigenvalue weighted by Gasteiger charge is -2.51. The number of nitrogens with zero attached hydrogens (tertiary/aromatic N) is 3. The van der Waals surface area contributed by atoms with Gasteiger partial charge in [-0.15, -0.1) is 0 Å². The van der Waals surface area contributed by atoms with Gasteiger partial charge >= 0.3 is 5.97 Å². The second kappa shape index (κ2) is 10.7. The van der Waals surface area contributed by atoms with Gasteiger partial charge in [-0.3, -0.25) is 14.6 Å². The largest absolute Gasteiger partial charge is 0.508 e. The molecular weight excluding hydrogens is 507 g/mol. The van der Waals surface area contributed by atoms with Gasteiger partial charge in [0.2, 0.25) is 0 Å². The molecule has 1 atom stereocenters. The number of hydrogen-bond acceptors (Lipinski definition) is 5. The van der Waals surface area contributed by atoms with Gasteiger partial charge in [-0.1, -0.05) is 6.07 Å². The maximum Gasteiger partial charge on any atom is 0.317 e. The molecule has 1 spiro atoms. The highest BCUT2D eigenvalue weighted by molar-refractivity contribution is 5.69. The fourth-order valence-electron chi connectivity index (χ4n) is 6.98. The monoisotopic (exact) mass is 545 g/mol. The van der Waals surface area contributed by atoms with Gasteiger partial charge in [0.05, 0.1) is 12.6 Å². The minimum Gasteiger partial charge on any atom is -0.508 e. The van der Waals surface area contributed by atoms with Crippen molar-refractivity contribution in [1.29, 1.82) is 0 Å². The van der Waals surface area contributed by atoms with Crippen LogP contribution in [0, 0.1) is 17.0 Å². The molecule has 0 amide bonds. The highest BCUT2D eigenvalue weighted by atomic mass is 19.1. The average Bonchev–Trinajstić information content (AvgIpc) is 2.79. The van der Waals surface area contributed by atoms with Crippen LogP contribution in [0.5, 0.6) is 5.75 Å². The molecule has 9 heteroatoms. The van der Waals surface area contributed by atoms with Gasteiger partial charge in [-0.05, 0) is 86.8 Å². The molecule has 3 heterocycles. The van der Waals surface area contributed by atoms with Crippen molar-refractivity contribution in [3.63, 3.8) is 0 Å². The van der Waals surface area contributed by atoms with Crippen LogP contribution in [-0.4, -0.2) is 77.5 Å². The topological polar surface area (TPSA) is 67.2 Å². The molecule has 5 rings (SSSR count). The third-order valence-corrected chi connectivity index (χ3v) is 8.48. The summed E-state index contributed by atoms with van der Waals surface area (Å²) in [6.45, 7) is 6.39. The van der Waals surface area contributed by atoms with Gasteiger partial charge in [0.25, 0.3) is 0 Å². The van der Waals surface area contributed by atoms with Gasteiger partial charge in [-0.2, -0.15) is 0 Å². The quantitative estimate of drug-likeness (QED) is 0.525. The first-order valence-corrected chi connectivity index (χ1v) is 13.9. The van der Waals surface area contributed by atoms with E-state index >= 15 is 8.78 Å². The zero-order valence-electron chi connectivity index (χ0n) is 22.7. The molecule has 6 nitrogen and oxygen atoms in total. The van der Waals surface area contributed by atoms with Crippen LogP contribution in [0.4, 0.5) is 18.9 Å². The third kappa shape index (κ3) is 6.04. The first-order valence-electron chi connectivity index (χ1n) is 13.9. The molecule has 0 bridgehead atoms. The van der Waals surface area contributed by atoms with Crippen molar-refractivity contribution in [2.75, 3.05) is 50.7 Å². The highest BCUT2D eigenvalue weighted by Gasteiger charge is 2.43. The second-order valence-electron chi connectivity index (χ2n) is 12.3. The molecule has 0 aromatic heterocycles. The highest BCUT2D eigenvalue weighted by Crippen LogP contribution is 2.43. The van der Waals surface area contributed by atoms with Crippen molar-refractivity contribution in [3.05, 3.63) is 58.7 Å². The first kappa shape index (κ1) is 27.8. The summed E-state index contributed by atoms with van der Waals surface area (Å²) in [5, 5.41) is 19.0. The normalized spacial score (nSPS) is 22.2. The van der Waals surface area contributed by atoms with E-state index in [0.29, 0.717) is 37.3 Å². The van der Waals surface area contributed by atoms with Crippen molar-refractivity contribution in [3.8, 4) is 5.75 Å². The summed E-state index contributed by atoms with van der Waals surface area (Å²) in [6.07, 6.45) is 4.21. The van der Waals surface area contributed by atoms with E-state index < -0.39 is 29.3 Å². The van der Waals surface area contributed by atoms with Crippen LogP contribution >= 0.6 is 0 Å². The maximum atomic E-state index is 15.9. The summed E-state index contributed by atoms with van der Waals surface area (Å²) in [4.78, 5) is 16.8. The van der Waals surface area contributed by atoms with Crippen LogP contribution in [0.3, 0.4) is 0 Å². The van der Waals surface area contributed by atoms with Crippen LogP contribution in [0.1, 0.15) is 62.3 Å². The maximum absolute atomic E-state index is 15.9. The minimum absolute atomic E-state index is 0.0242. The first-order chi connectivity index (χ1) is 18.4. The zero-order chi connectivity index (χ0) is 27.9. The number of fused-ring (bicyclic) bond motifs is 1. The van der Waals surface area contributed by atoms with Crippen molar-refractivity contribution in [1.82, 2.24) is 9.80 Å². The molecule has 3 aliphatic heterocycles. The summed E-state index contributed by atoms with van der Waals surface area (Å²) >= 11 is 0. The van der Waals surface area contributed by atoms with Gasteiger partial charge in [-0.25, -0.2) is 13.2 Å². The van der Waals surface area contributed by atoms with Crippen molar-refractivity contribution >= 4 is 11.7 Å². The van der Waals surface area contributed by atoms with Gasteiger partial charge in [0.15, 0.2) is 0 Å². The summed E-state index contributed by atoms with van der Waals surface area (Å²) in [6, 6.07) is 6.84. The molecule has 0 radical (unpaired) electrons. The van der Waals surface area contributed by atoms with Crippen molar-refractivity contribution in [2.24, 2.45) is 5.41 Å². The molecular formula is C30H38F3N3O3. The molecule has 2 fully saturated rings. The number of alkyl halides is 1. The fourth-order valence-corrected chi connectivity index (χ4v) is 6.98. The van der Waals surface area contributed by atoms with Crippen LogP contribution in [0.15, 0.2) is 30.3 Å². The number of benzene rings is 2. The van der Waals surface area contributed by atoms with Crippen LogP contribution < -0.4 is 4.90 Å². The Morgan fingerprint density at radius 3 is 2.28 bits per heavy atom. The number of carboxylic acid groups (broad SMARTS) is 1. The average molecular weight is 546 g/mol. The Morgan fingerprint density at radius 1 is 1.05 bits per heavy atom. The fraction of sp³-hybridized carbons (Fsp3) is 0.567. The van der Waals surface area contributed by atoms with Gasteiger partial charge in [0.1, 0.15) is 23.1 Å². The molecule has 2 saturated heterocycles. The lowest BCUT2D eigenvalue weighted by Crippen LogP contribution is -2.58. The summed E-state index contributed by atoms with van der Waals surface area (Å²) < 4.78 is 46.5. The Labute approximate surface area is 228 Å². The van der Waals surface area contributed by atoms with Gasteiger partial charge in [0, 0.05) is 50.5 Å². The SMILES string of the molecule is CC(C)(F)CN1CCc2cc(O)ccc2C1c1c(F)cc(N2CCCC3(CCC2)CN(CC(=O)O)C3)cc1F. The number of phenolic OH excluding ortho intramolecular Hbond substituents is 1. The predicted molar refractivity (Wildman–Crippen MR) is 144 cm³/mol. The number of carboxylic acids is 1. The van der Waals surface area contributed by atoms with Gasteiger partial charge < -0.3 is 15.1 Å². The van der Waals surface area contributed by atoms with Crippen molar-refractivity contribution in [2.45, 2.75) is 57.7 Å². The lowest BCUT2D eigenvalue weighted by molar-refractivity contribution is -0.142. The molecule has 0 saturated carbocycles. The number of carbonyl (C=O) groups is 1. The minimum atomic E-state index is -1.55. The zero-order valence-corrected chi connectivity index (χ0v) is 22.7.